The average Bonchev–Trinajstić information content (AvgIpc) is 2.83. The lowest BCUT2D eigenvalue weighted by molar-refractivity contribution is 0.206. The zero-order valence-corrected chi connectivity index (χ0v) is 11.0. The molecule has 0 heterocycles. The fraction of sp³-hybridized carbons (Fsp3) is 0.600. The van der Waals surface area contributed by atoms with Crippen molar-refractivity contribution in [3.63, 3.8) is 0 Å². The van der Waals surface area contributed by atoms with Gasteiger partial charge in [-0.15, -0.1) is 0 Å². The van der Waals surface area contributed by atoms with Gasteiger partial charge in [-0.2, -0.15) is 0 Å². The smallest absolute Gasteiger partial charge is 0.127 e. The van der Waals surface area contributed by atoms with Crippen LogP contribution in [0.25, 0.3) is 0 Å². The molecule has 1 aromatic rings. The van der Waals surface area contributed by atoms with Crippen molar-refractivity contribution in [2.24, 2.45) is 0 Å². The molecule has 1 saturated carbocycles. The normalized spacial score (nSPS) is 16.4. The van der Waals surface area contributed by atoms with Crippen LogP contribution in [-0.2, 0) is 6.54 Å². The van der Waals surface area contributed by atoms with Crippen LogP contribution in [0.4, 0.5) is 0 Å². The van der Waals surface area contributed by atoms with E-state index in [1.807, 2.05) is 0 Å². The number of nitrogens with one attached hydrogen (secondary N) is 1. The molecule has 0 atom stereocenters. The molecule has 1 N–H and O–H groups in total. The van der Waals surface area contributed by atoms with Crippen LogP contribution < -0.4 is 10.1 Å². The molecular formula is C15H23NO. The first-order valence-corrected chi connectivity index (χ1v) is 6.77. The summed E-state index contributed by atoms with van der Waals surface area (Å²) in [5.41, 5.74) is 2.55. The summed E-state index contributed by atoms with van der Waals surface area (Å²) in [5.74, 6) is 1.11. The predicted octanol–water partition coefficient (Wildman–Crippen LogP) is 3.43. The molecule has 0 radical (unpaired) electrons. The summed E-state index contributed by atoms with van der Waals surface area (Å²) in [6, 6.07) is 6.42. The third-order valence-electron chi connectivity index (χ3n) is 3.45. The van der Waals surface area contributed by atoms with E-state index in [0.717, 1.165) is 18.8 Å². The number of para-hydroxylation sites is 1. The van der Waals surface area contributed by atoms with E-state index in [1.54, 1.807) is 0 Å². The molecule has 0 aliphatic heterocycles. The van der Waals surface area contributed by atoms with Crippen molar-refractivity contribution in [2.45, 2.75) is 52.2 Å². The Morgan fingerprint density at radius 2 is 2.06 bits per heavy atom. The van der Waals surface area contributed by atoms with Gasteiger partial charge in [0.2, 0.25) is 0 Å². The molecule has 1 aromatic carbocycles. The SMILES string of the molecule is CCNCc1cccc(C)c1OC1CCCC1. The second kappa shape index (κ2) is 6.06. The Kier molecular flexibility index (Phi) is 4.43. The van der Waals surface area contributed by atoms with Gasteiger partial charge < -0.3 is 10.1 Å². The topological polar surface area (TPSA) is 21.3 Å². The molecular weight excluding hydrogens is 210 g/mol. The molecule has 2 nitrogen and oxygen atoms in total. The van der Waals surface area contributed by atoms with Gasteiger partial charge in [-0.05, 0) is 44.7 Å². The fourth-order valence-corrected chi connectivity index (χ4v) is 2.45. The number of benzene rings is 1. The number of hydrogen-bond donors (Lipinski definition) is 1. The summed E-state index contributed by atoms with van der Waals surface area (Å²) in [4.78, 5) is 0. The molecule has 2 heteroatoms. The molecule has 17 heavy (non-hydrogen) atoms. The van der Waals surface area contributed by atoms with E-state index in [1.165, 1.54) is 36.8 Å². The standard InChI is InChI=1S/C15H23NO/c1-3-16-11-13-8-6-7-12(2)15(13)17-14-9-4-5-10-14/h6-8,14,16H,3-5,9-11H2,1-2H3. The second-order valence-electron chi connectivity index (χ2n) is 4.87. The lowest BCUT2D eigenvalue weighted by Crippen LogP contribution is -2.17. The van der Waals surface area contributed by atoms with Gasteiger partial charge in [0.15, 0.2) is 0 Å². The Labute approximate surface area is 104 Å². The van der Waals surface area contributed by atoms with Crippen LogP contribution in [0.15, 0.2) is 18.2 Å². The Bertz CT molecular complexity index is 356. The molecule has 1 fully saturated rings. The van der Waals surface area contributed by atoms with E-state index in [9.17, 15) is 0 Å². The third kappa shape index (κ3) is 3.22. The monoisotopic (exact) mass is 233 g/mol. The first-order valence-electron chi connectivity index (χ1n) is 6.77. The van der Waals surface area contributed by atoms with Crippen molar-refractivity contribution in [3.8, 4) is 5.75 Å². The van der Waals surface area contributed by atoms with Crippen molar-refractivity contribution in [2.75, 3.05) is 6.54 Å². The first-order chi connectivity index (χ1) is 8.31. The Hall–Kier alpha value is -1.02. The highest BCUT2D eigenvalue weighted by Gasteiger charge is 2.18. The molecule has 2 rings (SSSR count). The van der Waals surface area contributed by atoms with Crippen LogP contribution in [0.1, 0.15) is 43.7 Å². The van der Waals surface area contributed by atoms with Gasteiger partial charge in [-0.25, -0.2) is 0 Å². The average molecular weight is 233 g/mol. The van der Waals surface area contributed by atoms with Gasteiger partial charge in [0.25, 0.3) is 0 Å². The minimum absolute atomic E-state index is 0.441. The van der Waals surface area contributed by atoms with Crippen LogP contribution in [0, 0.1) is 6.92 Å². The molecule has 0 saturated heterocycles. The lowest BCUT2D eigenvalue weighted by atomic mass is 10.1. The minimum atomic E-state index is 0.441. The number of rotatable bonds is 5. The fourth-order valence-electron chi connectivity index (χ4n) is 2.45. The zero-order valence-electron chi connectivity index (χ0n) is 11.0. The summed E-state index contributed by atoms with van der Waals surface area (Å²) < 4.78 is 6.19. The summed E-state index contributed by atoms with van der Waals surface area (Å²) in [7, 11) is 0. The number of hydrogen-bond acceptors (Lipinski definition) is 2. The third-order valence-corrected chi connectivity index (χ3v) is 3.45. The first kappa shape index (κ1) is 12.4. The largest absolute Gasteiger partial charge is 0.490 e. The summed E-state index contributed by atoms with van der Waals surface area (Å²) in [5, 5.41) is 3.38. The van der Waals surface area contributed by atoms with E-state index >= 15 is 0 Å². The molecule has 0 amide bonds. The van der Waals surface area contributed by atoms with E-state index in [2.05, 4.69) is 37.4 Å². The van der Waals surface area contributed by atoms with Gasteiger partial charge in [-0.1, -0.05) is 25.1 Å². The van der Waals surface area contributed by atoms with Crippen LogP contribution in [0.2, 0.25) is 0 Å². The molecule has 0 spiro atoms. The van der Waals surface area contributed by atoms with Gasteiger partial charge in [-0.3, -0.25) is 0 Å². The highest BCUT2D eigenvalue weighted by Crippen LogP contribution is 2.29. The van der Waals surface area contributed by atoms with Crippen molar-refractivity contribution in [1.82, 2.24) is 5.32 Å². The van der Waals surface area contributed by atoms with Crippen molar-refractivity contribution in [3.05, 3.63) is 29.3 Å². The van der Waals surface area contributed by atoms with E-state index < -0.39 is 0 Å². The lowest BCUT2D eigenvalue weighted by Gasteiger charge is -2.18. The summed E-state index contributed by atoms with van der Waals surface area (Å²) in [6.45, 7) is 6.17. The Morgan fingerprint density at radius 1 is 1.29 bits per heavy atom. The van der Waals surface area contributed by atoms with Gasteiger partial charge in [0.1, 0.15) is 5.75 Å². The summed E-state index contributed by atoms with van der Waals surface area (Å²) in [6.07, 6.45) is 5.51. The van der Waals surface area contributed by atoms with Crippen LogP contribution in [-0.4, -0.2) is 12.6 Å². The van der Waals surface area contributed by atoms with Crippen LogP contribution in [0.5, 0.6) is 5.75 Å². The van der Waals surface area contributed by atoms with Crippen molar-refractivity contribution >= 4 is 0 Å². The number of ether oxygens (including phenoxy) is 1. The van der Waals surface area contributed by atoms with E-state index in [0.29, 0.717) is 6.10 Å². The maximum atomic E-state index is 6.19. The van der Waals surface area contributed by atoms with Crippen molar-refractivity contribution in [1.29, 1.82) is 0 Å². The molecule has 0 aromatic heterocycles. The van der Waals surface area contributed by atoms with Gasteiger partial charge in [0, 0.05) is 12.1 Å². The maximum Gasteiger partial charge on any atom is 0.127 e. The Morgan fingerprint density at radius 3 is 2.76 bits per heavy atom. The molecule has 1 aliphatic rings. The molecule has 0 unspecified atom stereocenters. The predicted molar refractivity (Wildman–Crippen MR) is 71.4 cm³/mol. The minimum Gasteiger partial charge on any atom is -0.490 e. The van der Waals surface area contributed by atoms with E-state index in [4.69, 9.17) is 4.74 Å². The maximum absolute atomic E-state index is 6.19. The molecule has 1 aliphatic carbocycles. The number of aryl methyl sites for hydroxylation is 1. The van der Waals surface area contributed by atoms with Crippen LogP contribution >= 0.6 is 0 Å². The van der Waals surface area contributed by atoms with Crippen LogP contribution in [0.3, 0.4) is 0 Å². The van der Waals surface area contributed by atoms with Gasteiger partial charge in [0.05, 0.1) is 6.10 Å². The second-order valence-corrected chi connectivity index (χ2v) is 4.87. The highest BCUT2D eigenvalue weighted by atomic mass is 16.5. The highest BCUT2D eigenvalue weighted by molar-refractivity contribution is 5.40. The molecule has 0 bridgehead atoms. The van der Waals surface area contributed by atoms with E-state index in [-0.39, 0.29) is 0 Å². The summed E-state index contributed by atoms with van der Waals surface area (Å²) >= 11 is 0. The van der Waals surface area contributed by atoms with Crippen molar-refractivity contribution < 1.29 is 4.74 Å². The molecule has 94 valence electrons. The quantitative estimate of drug-likeness (QED) is 0.841. The Balaban J connectivity index is 2.11. The van der Waals surface area contributed by atoms with Gasteiger partial charge >= 0.3 is 0 Å². The zero-order chi connectivity index (χ0) is 12.1.